The Morgan fingerprint density at radius 2 is 2.00 bits per heavy atom. The SMILES string of the molecule is C=C(C)C(=O)OC(O)CO[Si](C)(C)C. The Balaban J connectivity index is 3.82. The highest BCUT2D eigenvalue weighted by Crippen LogP contribution is 2.04. The molecule has 0 spiro atoms. The van der Waals surface area contributed by atoms with Crippen molar-refractivity contribution in [3.8, 4) is 0 Å². The van der Waals surface area contributed by atoms with Crippen LogP contribution in [0.3, 0.4) is 0 Å². The number of rotatable bonds is 5. The zero-order valence-corrected chi connectivity index (χ0v) is 10.2. The predicted octanol–water partition coefficient (Wildman–Crippen LogP) is 1.28. The van der Waals surface area contributed by atoms with E-state index in [-0.39, 0.29) is 12.2 Å². The van der Waals surface area contributed by atoms with E-state index in [1.165, 1.54) is 6.92 Å². The third-order valence-corrected chi connectivity index (χ3v) is 2.28. The fraction of sp³-hybridized carbons (Fsp3) is 0.667. The first-order valence-corrected chi connectivity index (χ1v) is 7.81. The third kappa shape index (κ3) is 6.82. The van der Waals surface area contributed by atoms with Gasteiger partial charge in [-0.1, -0.05) is 6.58 Å². The number of carbonyl (C=O) groups excluding carboxylic acids is 1. The maximum absolute atomic E-state index is 11.0. The molecule has 1 unspecified atom stereocenters. The summed E-state index contributed by atoms with van der Waals surface area (Å²) in [6, 6.07) is 0. The van der Waals surface area contributed by atoms with Crippen molar-refractivity contribution in [3.05, 3.63) is 12.2 Å². The van der Waals surface area contributed by atoms with Crippen LogP contribution in [0.1, 0.15) is 6.92 Å². The van der Waals surface area contributed by atoms with Gasteiger partial charge in [-0.2, -0.15) is 0 Å². The van der Waals surface area contributed by atoms with E-state index in [0.29, 0.717) is 0 Å². The molecule has 0 saturated carbocycles. The molecule has 5 heteroatoms. The molecule has 0 rings (SSSR count). The lowest BCUT2D eigenvalue weighted by molar-refractivity contribution is -0.167. The van der Waals surface area contributed by atoms with Gasteiger partial charge in [0.1, 0.15) is 0 Å². The molecule has 0 fully saturated rings. The molecule has 0 radical (unpaired) electrons. The maximum Gasteiger partial charge on any atom is 0.335 e. The van der Waals surface area contributed by atoms with Crippen LogP contribution >= 0.6 is 0 Å². The number of ether oxygens (including phenoxy) is 1. The summed E-state index contributed by atoms with van der Waals surface area (Å²) in [4.78, 5) is 11.0. The van der Waals surface area contributed by atoms with Gasteiger partial charge in [0.15, 0.2) is 8.32 Å². The summed E-state index contributed by atoms with van der Waals surface area (Å²) < 4.78 is 9.98. The molecular formula is C9H18O4Si. The Labute approximate surface area is 85.7 Å². The van der Waals surface area contributed by atoms with Crippen molar-refractivity contribution in [1.82, 2.24) is 0 Å². The van der Waals surface area contributed by atoms with Crippen LogP contribution in [0.25, 0.3) is 0 Å². The minimum absolute atomic E-state index is 0.0226. The molecule has 0 aliphatic carbocycles. The van der Waals surface area contributed by atoms with Crippen LogP contribution in [0.2, 0.25) is 19.6 Å². The molecule has 0 aliphatic rings. The minimum atomic E-state index is -1.67. The first kappa shape index (κ1) is 13.3. The van der Waals surface area contributed by atoms with Crippen molar-refractivity contribution in [1.29, 1.82) is 0 Å². The Morgan fingerprint density at radius 1 is 1.50 bits per heavy atom. The topological polar surface area (TPSA) is 55.8 Å². The molecule has 0 aromatic rings. The quantitative estimate of drug-likeness (QED) is 0.327. The van der Waals surface area contributed by atoms with E-state index >= 15 is 0 Å². The van der Waals surface area contributed by atoms with Crippen LogP contribution in [-0.4, -0.2) is 32.3 Å². The average molecular weight is 218 g/mol. The van der Waals surface area contributed by atoms with Gasteiger partial charge in [-0.05, 0) is 26.6 Å². The van der Waals surface area contributed by atoms with Crippen LogP contribution in [0, 0.1) is 0 Å². The molecule has 1 N–H and O–H groups in total. The van der Waals surface area contributed by atoms with Crippen molar-refractivity contribution in [3.63, 3.8) is 0 Å². The van der Waals surface area contributed by atoms with Gasteiger partial charge in [0.05, 0.1) is 6.61 Å². The molecule has 0 bridgehead atoms. The molecule has 4 nitrogen and oxygen atoms in total. The summed E-state index contributed by atoms with van der Waals surface area (Å²) in [6.07, 6.45) is -1.20. The smallest absolute Gasteiger partial charge is 0.335 e. The van der Waals surface area contributed by atoms with Crippen molar-refractivity contribution in [2.75, 3.05) is 6.61 Å². The van der Waals surface area contributed by atoms with E-state index in [1.54, 1.807) is 0 Å². The van der Waals surface area contributed by atoms with E-state index in [9.17, 15) is 9.90 Å². The zero-order valence-electron chi connectivity index (χ0n) is 9.16. The first-order chi connectivity index (χ1) is 6.22. The number of carbonyl (C=O) groups is 1. The van der Waals surface area contributed by atoms with Crippen LogP contribution in [0.5, 0.6) is 0 Å². The molecular weight excluding hydrogens is 200 g/mol. The Morgan fingerprint density at radius 3 is 2.36 bits per heavy atom. The predicted molar refractivity (Wildman–Crippen MR) is 56.2 cm³/mol. The Hall–Kier alpha value is -0.653. The van der Waals surface area contributed by atoms with Crippen LogP contribution in [-0.2, 0) is 14.0 Å². The molecule has 0 saturated heterocycles. The maximum atomic E-state index is 11.0. The standard InChI is InChI=1S/C9H18O4Si/c1-7(2)9(11)13-8(10)6-12-14(3,4)5/h8,10H,1,6H2,2-5H3. The fourth-order valence-corrected chi connectivity index (χ4v) is 1.22. The van der Waals surface area contributed by atoms with Crippen LogP contribution in [0.4, 0.5) is 0 Å². The fourth-order valence-electron chi connectivity index (χ4n) is 0.579. The zero-order chi connectivity index (χ0) is 11.4. The lowest BCUT2D eigenvalue weighted by atomic mass is 10.4. The van der Waals surface area contributed by atoms with Gasteiger partial charge < -0.3 is 14.3 Å². The lowest BCUT2D eigenvalue weighted by Crippen LogP contribution is -2.32. The lowest BCUT2D eigenvalue weighted by Gasteiger charge is -2.20. The van der Waals surface area contributed by atoms with Crippen molar-refractivity contribution >= 4 is 14.3 Å². The van der Waals surface area contributed by atoms with Gasteiger partial charge in [0.25, 0.3) is 0 Å². The van der Waals surface area contributed by atoms with E-state index < -0.39 is 20.6 Å². The van der Waals surface area contributed by atoms with Gasteiger partial charge in [-0.25, -0.2) is 4.79 Å². The average Bonchev–Trinajstić information content (AvgIpc) is 1.99. The second-order valence-electron chi connectivity index (χ2n) is 4.06. The number of aliphatic hydroxyl groups is 1. The first-order valence-electron chi connectivity index (χ1n) is 4.41. The number of esters is 1. The van der Waals surface area contributed by atoms with Crippen molar-refractivity contribution in [2.24, 2.45) is 0 Å². The summed E-state index contributed by atoms with van der Waals surface area (Å²) in [6.45, 7) is 10.9. The van der Waals surface area contributed by atoms with Crippen molar-refractivity contribution < 1.29 is 19.1 Å². The van der Waals surface area contributed by atoms with Crippen LogP contribution < -0.4 is 0 Å². The third-order valence-electron chi connectivity index (χ3n) is 1.25. The molecule has 14 heavy (non-hydrogen) atoms. The van der Waals surface area contributed by atoms with Gasteiger partial charge in [-0.15, -0.1) is 0 Å². The van der Waals surface area contributed by atoms with Gasteiger partial charge in [0.2, 0.25) is 6.29 Å². The minimum Gasteiger partial charge on any atom is -0.430 e. The number of hydrogen-bond acceptors (Lipinski definition) is 4. The molecule has 0 aromatic heterocycles. The molecule has 0 amide bonds. The summed E-state index contributed by atoms with van der Waals surface area (Å²) >= 11 is 0. The Bertz CT molecular complexity index is 219. The molecule has 0 aromatic carbocycles. The van der Waals surface area contributed by atoms with E-state index in [4.69, 9.17) is 4.43 Å². The monoisotopic (exact) mass is 218 g/mol. The second kappa shape index (κ2) is 5.28. The van der Waals surface area contributed by atoms with Gasteiger partial charge in [0, 0.05) is 5.57 Å². The van der Waals surface area contributed by atoms with Crippen molar-refractivity contribution in [2.45, 2.75) is 32.9 Å². The normalized spacial score (nSPS) is 13.5. The van der Waals surface area contributed by atoms with E-state index in [1.807, 2.05) is 19.6 Å². The summed E-state index contributed by atoms with van der Waals surface area (Å²) in [5.41, 5.74) is 0.261. The van der Waals surface area contributed by atoms with E-state index in [2.05, 4.69) is 11.3 Å². The summed E-state index contributed by atoms with van der Waals surface area (Å²) in [5.74, 6) is -0.600. The molecule has 0 heterocycles. The largest absolute Gasteiger partial charge is 0.430 e. The molecule has 1 atom stereocenters. The van der Waals surface area contributed by atoms with Gasteiger partial charge >= 0.3 is 5.97 Å². The summed E-state index contributed by atoms with van der Waals surface area (Å²) in [7, 11) is -1.67. The second-order valence-corrected chi connectivity index (χ2v) is 8.58. The molecule has 0 aliphatic heterocycles. The number of hydrogen-bond donors (Lipinski definition) is 1. The highest BCUT2D eigenvalue weighted by molar-refractivity contribution is 6.69. The summed E-state index contributed by atoms with van der Waals surface area (Å²) in [5, 5.41) is 9.24. The van der Waals surface area contributed by atoms with Crippen LogP contribution in [0.15, 0.2) is 12.2 Å². The molecule has 82 valence electrons. The number of aliphatic hydroxyl groups excluding tert-OH is 1. The highest BCUT2D eigenvalue weighted by atomic mass is 28.4. The van der Waals surface area contributed by atoms with E-state index in [0.717, 1.165) is 0 Å². The Kier molecular flexibility index (Phi) is 5.04. The highest BCUT2D eigenvalue weighted by Gasteiger charge is 2.18. The van der Waals surface area contributed by atoms with Gasteiger partial charge in [-0.3, -0.25) is 0 Å².